The van der Waals surface area contributed by atoms with Gasteiger partial charge >= 0.3 is 0 Å². The van der Waals surface area contributed by atoms with E-state index in [9.17, 15) is 0 Å². The van der Waals surface area contributed by atoms with Gasteiger partial charge in [-0.05, 0) is 38.3 Å². The Labute approximate surface area is 129 Å². The molecule has 1 aromatic rings. The number of rotatable bonds is 8. The van der Waals surface area contributed by atoms with E-state index >= 15 is 0 Å². The molecule has 0 saturated heterocycles. The minimum atomic E-state index is 0.459. The number of unbranched alkanes of at least 4 members (excludes halogenated alkanes) is 1. The van der Waals surface area contributed by atoms with E-state index in [4.69, 9.17) is 0 Å². The fourth-order valence-corrected chi connectivity index (χ4v) is 2.02. The molecule has 1 atom stereocenters. The molecule has 1 rings (SSSR count). The molecule has 1 aromatic carbocycles. The van der Waals surface area contributed by atoms with Crippen LogP contribution in [0.2, 0.25) is 0 Å². The Morgan fingerprint density at radius 2 is 1.95 bits per heavy atom. The molecule has 0 aromatic heterocycles. The Morgan fingerprint density at radius 1 is 1.24 bits per heavy atom. The first-order chi connectivity index (χ1) is 10.2. The molecule has 0 aliphatic rings. The second-order valence-corrected chi connectivity index (χ2v) is 5.42. The molecule has 4 nitrogen and oxygen atoms in total. The van der Waals surface area contributed by atoms with Gasteiger partial charge in [0.1, 0.15) is 0 Å². The van der Waals surface area contributed by atoms with Crippen molar-refractivity contribution in [3.63, 3.8) is 0 Å². The first-order valence-electron chi connectivity index (χ1n) is 7.90. The van der Waals surface area contributed by atoms with Gasteiger partial charge < -0.3 is 15.5 Å². The fraction of sp³-hybridized carbons (Fsp3) is 0.588. The first kappa shape index (κ1) is 17.3. The normalized spacial score (nSPS) is 12.9. The summed E-state index contributed by atoms with van der Waals surface area (Å²) in [7, 11) is 3.97. The Morgan fingerprint density at radius 3 is 2.57 bits per heavy atom. The highest BCUT2D eigenvalue weighted by molar-refractivity contribution is 5.79. The van der Waals surface area contributed by atoms with Crippen LogP contribution in [0, 0.1) is 0 Å². The van der Waals surface area contributed by atoms with Crippen LogP contribution in [0.25, 0.3) is 0 Å². The summed E-state index contributed by atoms with van der Waals surface area (Å²) in [5.41, 5.74) is 1.28. The number of benzene rings is 1. The van der Waals surface area contributed by atoms with Gasteiger partial charge in [0.25, 0.3) is 0 Å². The van der Waals surface area contributed by atoms with Gasteiger partial charge in [0.05, 0.1) is 0 Å². The van der Waals surface area contributed by atoms with Crippen LogP contribution in [-0.2, 0) is 0 Å². The van der Waals surface area contributed by atoms with Gasteiger partial charge in [-0.1, -0.05) is 25.1 Å². The van der Waals surface area contributed by atoms with Crippen LogP contribution in [0.15, 0.2) is 35.3 Å². The first-order valence-corrected chi connectivity index (χ1v) is 7.90. The van der Waals surface area contributed by atoms with Gasteiger partial charge in [-0.2, -0.15) is 0 Å². The van der Waals surface area contributed by atoms with Crippen LogP contribution in [0.3, 0.4) is 0 Å². The van der Waals surface area contributed by atoms with Crippen molar-refractivity contribution < 1.29 is 0 Å². The van der Waals surface area contributed by atoms with Crippen LogP contribution in [0.5, 0.6) is 0 Å². The number of hydrogen-bond donors (Lipinski definition) is 2. The molecule has 0 fully saturated rings. The van der Waals surface area contributed by atoms with Crippen LogP contribution in [0.4, 0.5) is 5.69 Å². The highest BCUT2D eigenvalue weighted by Gasteiger charge is 2.02. The lowest BCUT2D eigenvalue weighted by atomic mass is 10.2. The molecule has 2 N–H and O–H groups in total. The monoisotopic (exact) mass is 290 g/mol. The van der Waals surface area contributed by atoms with Crippen LogP contribution < -0.4 is 15.5 Å². The van der Waals surface area contributed by atoms with E-state index in [1.54, 1.807) is 0 Å². The van der Waals surface area contributed by atoms with Crippen molar-refractivity contribution in [3.05, 3.63) is 30.3 Å². The summed E-state index contributed by atoms with van der Waals surface area (Å²) in [6.07, 6.45) is 3.40. The zero-order valence-corrected chi connectivity index (χ0v) is 13.9. The molecule has 0 amide bonds. The summed E-state index contributed by atoms with van der Waals surface area (Å²) in [5, 5.41) is 6.74. The van der Waals surface area contributed by atoms with Gasteiger partial charge in [-0.25, -0.2) is 0 Å². The number of hydrogen-bond acceptors (Lipinski definition) is 2. The minimum Gasteiger partial charge on any atom is -0.375 e. The molecule has 0 aliphatic heterocycles. The molecular weight excluding hydrogens is 260 g/mol. The zero-order chi connectivity index (χ0) is 15.5. The predicted molar refractivity (Wildman–Crippen MR) is 93.2 cm³/mol. The molecule has 21 heavy (non-hydrogen) atoms. The van der Waals surface area contributed by atoms with Gasteiger partial charge in [0.15, 0.2) is 5.96 Å². The van der Waals surface area contributed by atoms with Crippen LogP contribution in [-0.4, -0.2) is 39.2 Å². The van der Waals surface area contributed by atoms with Crippen molar-refractivity contribution in [2.45, 2.75) is 39.2 Å². The maximum atomic E-state index is 4.24. The van der Waals surface area contributed by atoms with E-state index in [-0.39, 0.29) is 0 Å². The maximum absolute atomic E-state index is 4.24. The third kappa shape index (κ3) is 7.02. The van der Waals surface area contributed by atoms with Crippen LogP contribution >= 0.6 is 0 Å². The number of nitrogens with one attached hydrogen (secondary N) is 2. The Bertz CT molecular complexity index is 403. The standard InChI is InChI=1S/C17H30N4/c1-5-15(2)20-17(18-3)19-13-9-10-14-21(4)16-11-7-6-8-12-16/h6-8,11-12,15H,5,9-10,13-14H2,1-4H3,(H2,18,19,20). The third-order valence-electron chi connectivity index (χ3n) is 3.63. The van der Waals surface area contributed by atoms with E-state index in [0.29, 0.717) is 6.04 Å². The minimum absolute atomic E-state index is 0.459. The lowest BCUT2D eigenvalue weighted by Gasteiger charge is -2.19. The third-order valence-corrected chi connectivity index (χ3v) is 3.63. The molecular formula is C17H30N4. The molecule has 0 spiro atoms. The summed E-state index contributed by atoms with van der Waals surface area (Å²) in [6, 6.07) is 11.0. The molecule has 4 heteroatoms. The molecule has 1 unspecified atom stereocenters. The number of anilines is 1. The van der Waals surface area contributed by atoms with Crippen molar-refractivity contribution in [3.8, 4) is 0 Å². The van der Waals surface area contributed by atoms with Gasteiger partial charge in [-0.3, -0.25) is 4.99 Å². The van der Waals surface area contributed by atoms with Gasteiger partial charge in [-0.15, -0.1) is 0 Å². The van der Waals surface area contributed by atoms with Crippen LogP contribution in [0.1, 0.15) is 33.1 Å². The molecule has 0 aliphatic carbocycles. The topological polar surface area (TPSA) is 39.7 Å². The quantitative estimate of drug-likeness (QED) is 0.439. The number of para-hydroxylation sites is 1. The number of aliphatic imine (C=N–C) groups is 1. The van der Waals surface area contributed by atoms with Crippen molar-refractivity contribution in [2.24, 2.45) is 4.99 Å². The molecule has 0 heterocycles. The average molecular weight is 290 g/mol. The molecule has 0 saturated carbocycles. The number of guanidine groups is 1. The summed E-state index contributed by atoms with van der Waals surface area (Å²) >= 11 is 0. The Hall–Kier alpha value is -1.71. The highest BCUT2D eigenvalue weighted by Crippen LogP contribution is 2.11. The SMILES string of the molecule is CCC(C)NC(=NC)NCCCCN(C)c1ccccc1. The molecule has 0 radical (unpaired) electrons. The summed E-state index contributed by atoms with van der Waals surface area (Å²) in [4.78, 5) is 6.54. The van der Waals surface area contributed by atoms with Gasteiger partial charge in [0.2, 0.25) is 0 Å². The molecule has 0 bridgehead atoms. The smallest absolute Gasteiger partial charge is 0.191 e. The Kier molecular flexibility index (Phi) is 8.32. The molecule has 118 valence electrons. The summed E-state index contributed by atoms with van der Waals surface area (Å²) in [5.74, 6) is 0.903. The lowest BCUT2D eigenvalue weighted by molar-refractivity contribution is 0.616. The second-order valence-electron chi connectivity index (χ2n) is 5.42. The van der Waals surface area contributed by atoms with E-state index < -0.39 is 0 Å². The van der Waals surface area contributed by atoms with E-state index in [1.165, 1.54) is 12.1 Å². The average Bonchev–Trinajstić information content (AvgIpc) is 2.53. The van der Waals surface area contributed by atoms with Crippen molar-refractivity contribution in [1.29, 1.82) is 0 Å². The Balaban J connectivity index is 2.16. The largest absolute Gasteiger partial charge is 0.375 e. The van der Waals surface area contributed by atoms with Crippen molar-refractivity contribution in [1.82, 2.24) is 10.6 Å². The van der Waals surface area contributed by atoms with E-state index in [1.807, 2.05) is 7.05 Å². The fourth-order valence-electron chi connectivity index (χ4n) is 2.02. The van der Waals surface area contributed by atoms with Crippen molar-refractivity contribution in [2.75, 3.05) is 32.1 Å². The highest BCUT2D eigenvalue weighted by atomic mass is 15.2. The van der Waals surface area contributed by atoms with Gasteiger partial charge in [0, 0.05) is 38.9 Å². The van der Waals surface area contributed by atoms with E-state index in [0.717, 1.165) is 31.9 Å². The predicted octanol–water partition coefficient (Wildman–Crippen LogP) is 2.87. The number of nitrogens with zero attached hydrogens (tertiary/aromatic N) is 2. The van der Waals surface area contributed by atoms with Crippen molar-refractivity contribution >= 4 is 11.6 Å². The maximum Gasteiger partial charge on any atom is 0.191 e. The zero-order valence-electron chi connectivity index (χ0n) is 13.9. The van der Waals surface area contributed by atoms with E-state index in [2.05, 4.69) is 71.8 Å². The summed E-state index contributed by atoms with van der Waals surface area (Å²) < 4.78 is 0. The summed E-state index contributed by atoms with van der Waals surface area (Å²) in [6.45, 7) is 6.37. The lowest BCUT2D eigenvalue weighted by Crippen LogP contribution is -2.42. The second kappa shape index (κ2) is 10.1.